The molecule has 0 aromatic rings. The summed E-state index contributed by atoms with van der Waals surface area (Å²) in [5.41, 5.74) is 8.41. The Labute approximate surface area is 75.3 Å². The first kappa shape index (κ1) is 9.53. The molecule has 1 rings (SSSR count). The van der Waals surface area contributed by atoms with E-state index in [9.17, 15) is 0 Å². The Hall–Kier alpha value is -0.560. The van der Waals surface area contributed by atoms with Gasteiger partial charge in [0.25, 0.3) is 0 Å². The summed E-state index contributed by atoms with van der Waals surface area (Å²) >= 11 is 0. The third kappa shape index (κ3) is 3.22. The molecule has 12 heavy (non-hydrogen) atoms. The van der Waals surface area contributed by atoms with Crippen molar-refractivity contribution in [1.82, 2.24) is 0 Å². The van der Waals surface area contributed by atoms with Crippen LogP contribution in [0.2, 0.25) is 0 Å². The van der Waals surface area contributed by atoms with E-state index >= 15 is 0 Å². The summed E-state index contributed by atoms with van der Waals surface area (Å²) in [6.07, 6.45) is 11.1. The molecule has 0 amide bonds. The first-order chi connectivity index (χ1) is 5.83. The van der Waals surface area contributed by atoms with Crippen molar-refractivity contribution in [3.63, 3.8) is 0 Å². The number of hydrogen-bond acceptors (Lipinski definition) is 1. The molecular weight excluding hydrogens is 146 g/mol. The Kier molecular flexibility index (Phi) is 4.09. The molecule has 1 aliphatic rings. The predicted octanol–water partition coefficient (Wildman–Crippen LogP) is 2.78. The third-order valence-corrected chi connectivity index (χ3v) is 2.42. The lowest BCUT2D eigenvalue weighted by Crippen LogP contribution is -2.00. The number of hydrogen-bond donors (Lipinski definition) is 1. The summed E-state index contributed by atoms with van der Waals surface area (Å²) < 4.78 is 0. The first-order valence-electron chi connectivity index (χ1n) is 4.86. The standard InChI is InChI=1S/C11H19N/c1-10(9-12)7-8-11-5-3-2-4-6-11/h5,7H,2-4,6,8-9,12H2,1H3/b10-7+. The molecule has 1 heteroatoms. The normalized spacial score (nSPS) is 19.2. The molecular formula is C11H19N. The van der Waals surface area contributed by atoms with Crippen molar-refractivity contribution in [3.8, 4) is 0 Å². The topological polar surface area (TPSA) is 26.0 Å². The average Bonchev–Trinajstić information content (AvgIpc) is 2.16. The van der Waals surface area contributed by atoms with Gasteiger partial charge < -0.3 is 5.73 Å². The molecule has 0 spiro atoms. The Morgan fingerprint density at radius 1 is 1.58 bits per heavy atom. The predicted molar refractivity (Wildman–Crippen MR) is 54.0 cm³/mol. The monoisotopic (exact) mass is 165 g/mol. The zero-order valence-corrected chi connectivity index (χ0v) is 7.97. The molecule has 0 saturated heterocycles. The van der Waals surface area contributed by atoms with Crippen LogP contribution in [0.25, 0.3) is 0 Å². The van der Waals surface area contributed by atoms with Gasteiger partial charge in [-0.2, -0.15) is 0 Å². The van der Waals surface area contributed by atoms with Crippen molar-refractivity contribution in [2.24, 2.45) is 5.73 Å². The van der Waals surface area contributed by atoms with E-state index in [4.69, 9.17) is 5.73 Å². The minimum atomic E-state index is 0.702. The molecule has 2 N–H and O–H groups in total. The molecule has 1 aliphatic carbocycles. The summed E-state index contributed by atoms with van der Waals surface area (Å²) in [6.45, 7) is 2.80. The van der Waals surface area contributed by atoms with Crippen LogP contribution in [-0.4, -0.2) is 6.54 Å². The molecule has 0 bridgehead atoms. The Bertz CT molecular complexity index is 189. The van der Waals surface area contributed by atoms with Crippen LogP contribution in [0.4, 0.5) is 0 Å². The second kappa shape index (κ2) is 5.15. The average molecular weight is 165 g/mol. The maximum atomic E-state index is 5.50. The van der Waals surface area contributed by atoms with Crippen LogP contribution >= 0.6 is 0 Å². The van der Waals surface area contributed by atoms with Crippen LogP contribution in [-0.2, 0) is 0 Å². The van der Waals surface area contributed by atoms with E-state index in [1.807, 2.05) is 0 Å². The van der Waals surface area contributed by atoms with Gasteiger partial charge in [-0.25, -0.2) is 0 Å². The van der Waals surface area contributed by atoms with Crippen LogP contribution in [0, 0.1) is 0 Å². The molecule has 0 aromatic heterocycles. The van der Waals surface area contributed by atoms with E-state index in [0.717, 1.165) is 6.42 Å². The molecule has 0 fully saturated rings. The van der Waals surface area contributed by atoms with Crippen molar-refractivity contribution < 1.29 is 0 Å². The van der Waals surface area contributed by atoms with Gasteiger partial charge in [0.05, 0.1) is 0 Å². The lowest BCUT2D eigenvalue weighted by Gasteiger charge is -2.10. The second-order valence-corrected chi connectivity index (χ2v) is 3.57. The smallest absolute Gasteiger partial charge is 0.0134 e. The fourth-order valence-corrected chi connectivity index (χ4v) is 1.48. The molecule has 0 aliphatic heterocycles. The second-order valence-electron chi connectivity index (χ2n) is 3.57. The van der Waals surface area contributed by atoms with Gasteiger partial charge in [-0.05, 0) is 39.0 Å². The molecule has 0 radical (unpaired) electrons. The summed E-state index contributed by atoms with van der Waals surface area (Å²) in [6, 6.07) is 0. The van der Waals surface area contributed by atoms with E-state index < -0.39 is 0 Å². The van der Waals surface area contributed by atoms with E-state index in [2.05, 4.69) is 19.1 Å². The highest BCUT2D eigenvalue weighted by Crippen LogP contribution is 2.20. The Morgan fingerprint density at radius 3 is 3.00 bits per heavy atom. The van der Waals surface area contributed by atoms with Gasteiger partial charge >= 0.3 is 0 Å². The van der Waals surface area contributed by atoms with E-state index in [0.29, 0.717) is 6.54 Å². The summed E-state index contributed by atoms with van der Waals surface area (Å²) in [5.74, 6) is 0. The minimum absolute atomic E-state index is 0.702. The van der Waals surface area contributed by atoms with Crippen LogP contribution in [0.5, 0.6) is 0 Å². The zero-order valence-electron chi connectivity index (χ0n) is 7.97. The van der Waals surface area contributed by atoms with Gasteiger partial charge in [-0.1, -0.05) is 23.3 Å². The van der Waals surface area contributed by atoms with Crippen molar-refractivity contribution >= 4 is 0 Å². The molecule has 1 nitrogen and oxygen atoms in total. The molecule has 0 unspecified atom stereocenters. The van der Waals surface area contributed by atoms with Crippen LogP contribution in [0.1, 0.15) is 39.0 Å². The summed E-state index contributed by atoms with van der Waals surface area (Å²) in [4.78, 5) is 0. The molecule has 0 saturated carbocycles. The number of allylic oxidation sites excluding steroid dienone is 3. The van der Waals surface area contributed by atoms with Gasteiger partial charge in [-0.3, -0.25) is 0 Å². The highest BCUT2D eigenvalue weighted by atomic mass is 14.5. The van der Waals surface area contributed by atoms with Crippen LogP contribution in [0.3, 0.4) is 0 Å². The van der Waals surface area contributed by atoms with Gasteiger partial charge in [0.15, 0.2) is 0 Å². The van der Waals surface area contributed by atoms with E-state index in [-0.39, 0.29) is 0 Å². The molecule has 0 aromatic carbocycles. The lowest BCUT2D eigenvalue weighted by atomic mass is 9.96. The fraction of sp³-hybridized carbons (Fsp3) is 0.636. The minimum Gasteiger partial charge on any atom is -0.327 e. The third-order valence-electron chi connectivity index (χ3n) is 2.42. The van der Waals surface area contributed by atoms with Gasteiger partial charge in [0, 0.05) is 6.54 Å². The maximum absolute atomic E-state index is 5.50. The van der Waals surface area contributed by atoms with Crippen LogP contribution < -0.4 is 5.73 Å². The van der Waals surface area contributed by atoms with Gasteiger partial charge in [-0.15, -0.1) is 0 Å². The van der Waals surface area contributed by atoms with Crippen LogP contribution in [0.15, 0.2) is 23.3 Å². The highest BCUT2D eigenvalue weighted by Gasteiger charge is 2.01. The van der Waals surface area contributed by atoms with Crippen molar-refractivity contribution in [2.75, 3.05) is 6.54 Å². The lowest BCUT2D eigenvalue weighted by molar-refractivity contribution is 0.691. The quantitative estimate of drug-likeness (QED) is 0.639. The maximum Gasteiger partial charge on any atom is 0.0134 e. The highest BCUT2D eigenvalue weighted by molar-refractivity contribution is 5.12. The zero-order chi connectivity index (χ0) is 8.81. The molecule has 0 atom stereocenters. The van der Waals surface area contributed by atoms with Crippen molar-refractivity contribution in [3.05, 3.63) is 23.3 Å². The Balaban J connectivity index is 2.35. The van der Waals surface area contributed by atoms with Crippen molar-refractivity contribution in [1.29, 1.82) is 0 Å². The van der Waals surface area contributed by atoms with Gasteiger partial charge in [0.2, 0.25) is 0 Å². The SMILES string of the molecule is C/C(=C\CC1=CCCCC1)CN. The van der Waals surface area contributed by atoms with E-state index in [1.54, 1.807) is 5.57 Å². The fourth-order valence-electron chi connectivity index (χ4n) is 1.48. The summed E-state index contributed by atoms with van der Waals surface area (Å²) in [5, 5.41) is 0. The largest absolute Gasteiger partial charge is 0.327 e. The Morgan fingerprint density at radius 2 is 2.42 bits per heavy atom. The number of rotatable bonds is 3. The first-order valence-corrected chi connectivity index (χ1v) is 4.86. The summed E-state index contributed by atoms with van der Waals surface area (Å²) in [7, 11) is 0. The molecule has 68 valence electrons. The number of nitrogens with two attached hydrogens (primary N) is 1. The van der Waals surface area contributed by atoms with E-state index in [1.165, 1.54) is 31.3 Å². The van der Waals surface area contributed by atoms with Gasteiger partial charge in [0.1, 0.15) is 0 Å². The van der Waals surface area contributed by atoms with Crippen molar-refractivity contribution in [2.45, 2.75) is 39.0 Å². The molecule has 0 heterocycles.